The molecule has 0 spiro atoms. The molecule has 0 aliphatic heterocycles. The smallest absolute Gasteiger partial charge is 0.191 e. The molecule has 0 saturated heterocycles. The van der Waals surface area contributed by atoms with E-state index in [9.17, 15) is 13.2 Å². The second-order valence-corrected chi connectivity index (χ2v) is 16.7. The van der Waals surface area contributed by atoms with E-state index in [2.05, 4.69) is 33.9 Å². The summed E-state index contributed by atoms with van der Waals surface area (Å²) in [7, 11) is -4.22. The summed E-state index contributed by atoms with van der Waals surface area (Å²) in [5.41, 5.74) is 0.351. The van der Waals surface area contributed by atoms with Gasteiger partial charge in [-0.25, -0.2) is 8.42 Å². The van der Waals surface area contributed by atoms with Gasteiger partial charge >= 0.3 is 0 Å². The lowest BCUT2D eigenvalue weighted by Crippen LogP contribution is -2.41. The Bertz CT molecular complexity index is 945. The highest BCUT2D eigenvalue weighted by Gasteiger charge is 2.42. The van der Waals surface area contributed by atoms with E-state index in [1.165, 1.54) is 7.11 Å². The van der Waals surface area contributed by atoms with Crippen LogP contribution in [0.2, 0.25) is 18.1 Å². The van der Waals surface area contributed by atoms with E-state index >= 15 is 0 Å². The number of methoxy groups -OCH3 is 1. The van der Waals surface area contributed by atoms with Crippen molar-refractivity contribution in [2.24, 2.45) is 5.92 Å². The molecule has 0 bridgehead atoms. The zero-order chi connectivity index (χ0) is 24.7. The zero-order valence-electron chi connectivity index (χ0n) is 20.7. The summed E-state index contributed by atoms with van der Waals surface area (Å²) in [6.07, 6.45) is 6.42. The molecule has 0 N–H and O–H groups in total. The lowest BCUT2D eigenvalue weighted by Gasteiger charge is -2.36. The van der Waals surface area contributed by atoms with Crippen LogP contribution in [0.3, 0.4) is 0 Å². The van der Waals surface area contributed by atoms with Crippen molar-refractivity contribution < 1.29 is 27.1 Å². The van der Waals surface area contributed by atoms with E-state index in [1.807, 2.05) is 6.08 Å². The number of ether oxygens (including phenoxy) is 2. The lowest BCUT2D eigenvalue weighted by molar-refractivity contribution is -0.115. The molecule has 184 valence electrons. The summed E-state index contributed by atoms with van der Waals surface area (Å²) in [5, 5.41) is -1.05. The van der Waals surface area contributed by atoms with Crippen LogP contribution in [0.25, 0.3) is 0 Å². The maximum atomic E-state index is 13.5. The standard InChI is InChI=1S/C25H38O6SSi/c1-25(2,3)33(5,6)31-17-10-11-21-15-14-20(16-18-30-19-29-4)23(26)24(21)32(27,28)22-12-8-7-9-13-22/h7-9,12-16,21,24H,10-11,17-19H2,1-6H3/b20-16+/t21-,24+/m1/s1. The van der Waals surface area contributed by atoms with Crippen LogP contribution in [-0.2, 0) is 28.5 Å². The number of hydrogen-bond acceptors (Lipinski definition) is 6. The highest BCUT2D eigenvalue weighted by molar-refractivity contribution is 7.92. The largest absolute Gasteiger partial charge is 0.417 e. The Morgan fingerprint density at radius 2 is 1.79 bits per heavy atom. The molecule has 6 nitrogen and oxygen atoms in total. The van der Waals surface area contributed by atoms with Crippen LogP contribution in [0.5, 0.6) is 0 Å². The van der Waals surface area contributed by atoms with E-state index < -0.39 is 35.1 Å². The molecular weight excluding hydrogens is 456 g/mol. The molecule has 33 heavy (non-hydrogen) atoms. The molecule has 0 fully saturated rings. The Balaban J connectivity index is 2.23. The van der Waals surface area contributed by atoms with E-state index in [-0.39, 0.29) is 23.3 Å². The van der Waals surface area contributed by atoms with Crippen molar-refractivity contribution >= 4 is 23.9 Å². The summed E-state index contributed by atoms with van der Waals surface area (Å²) in [5.74, 6) is -0.805. The van der Waals surface area contributed by atoms with Gasteiger partial charge in [0.15, 0.2) is 23.9 Å². The van der Waals surface area contributed by atoms with Gasteiger partial charge in [0.05, 0.1) is 11.5 Å². The molecule has 0 heterocycles. The molecule has 0 aromatic heterocycles. The number of ketones is 1. The van der Waals surface area contributed by atoms with Gasteiger partial charge in [0, 0.05) is 25.2 Å². The van der Waals surface area contributed by atoms with Gasteiger partial charge in [-0.15, -0.1) is 0 Å². The summed E-state index contributed by atoms with van der Waals surface area (Å²) in [6, 6.07) is 8.20. The molecule has 2 atom stereocenters. The molecule has 0 unspecified atom stereocenters. The van der Waals surface area contributed by atoms with Crippen molar-refractivity contribution in [1.29, 1.82) is 0 Å². The molecule has 1 aliphatic carbocycles. The molecule has 1 aromatic carbocycles. The first-order valence-electron chi connectivity index (χ1n) is 11.3. The van der Waals surface area contributed by atoms with E-state index in [1.54, 1.807) is 42.5 Å². The highest BCUT2D eigenvalue weighted by Crippen LogP contribution is 2.37. The second-order valence-electron chi connectivity index (χ2n) is 9.85. The molecule has 0 amide bonds. The quantitative estimate of drug-likeness (QED) is 0.188. The zero-order valence-corrected chi connectivity index (χ0v) is 22.5. The Kier molecular flexibility index (Phi) is 9.81. The number of carbonyl (C=O) groups is 1. The van der Waals surface area contributed by atoms with Crippen LogP contribution in [0.1, 0.15) is 33.6 Å². The topological polar surface area (TPSA) is 78.9 Å². The van der Waals surface area contributed by atoms with E-state index in [4.69, 9.17) is 13.9 Å². The predicted octanol–water partition coefficient (Wildman–Crippen LogP) is 4.93. The SMILES string of the molecule is COCOC/C=C1\C=C[C@@H](CCCO[Si](C)(C)C(C)(C)C)[C@H](S(=O)(=O)c2ccccc2)C1=O. The van der Waals surface area contributed by atoms with Crippen LogP contribution in [0.15, 0.2) is 59.0 Å². The van der Waals surface area contributed by atoms with Gasteiger partial charge in [0.2, 0.25) is 0 Å². The molecule has 1 aromatic rings. The average molecular weight is 495 g/mol. The number of rotatable bonds is 11. The minimum atomic E-state index is -3.86. The third kappa shape index (κ3) is 7.20. The molecular formula is C25H38O6SSi. The van der Waals surface area contributed by atoms with Gasteiger partial charge in [-0.3, -0.25) is 4.79 Å². The van der Waals surface area contributed by atoms with Crippen molar-refractivity contribution in [2.45, 2.75) is 61.9 Å². The third-order valence-corrected chi connectivity index (χ3v) is 13.1. The molecule has 2 rings (SSSR count). The van der Waals surface area contributed by atoms with Crippen LogP contribution in [-0.4, -0.2) is 54.9 Å². The maximum Gasteiger partial charge on any atom is 0.191 e. The first kappa shape index (κ1) is 27.7. The number of carbonyl (C=O) groups excluding carboxylic acids is 1. The second kappa shape index (κ2) is 11.7. The fourth-order valence-corrected chi connectivity index (χ4v) is 6.48. The Hall–Kier alpha value is -1.58. The Morgan fingerprint density at radius 1 is 1.12 bits per heavy atom. The van der Waals surface area contributed by atoms with Crippen LogP contribution in [0, 0.1) is 5.92 Å². The maximum absolute atomic E-state index is 13.5. The number of Topliss-reactive ketones (excluding diaryl/α,β-unsaturated/α-hetero) is 1. The van der Waals surface area contributed by atoms with Crippen molar-refractivity contribution in [1.82, 2.24) is 0 Å². The Morgan fingerprint density at radius 3 is 2.39 bits per heavy atom. The third-order valence-electron chi connectivity index (χ3n) is 6.43. The summed E-state index contributed by atoms with van der Waals surface area (Å²) >= 11 is 0. The highest BCUT2D eigenvalue weighted by atomic mass is 32.2. The monoisotopic (exact) mass is 494 g/mol. The Labute approximate surface area is 200 Å². The normalized spacial score (nSPS) is 21.0. The minimum absolute atomic E-state index is 0.101. The van der Waals surface area contributed by atoms with Gasteiger partial charge in [-0.2, -0.15) is 0 Å². The van der Waals surface area contributed by atoms with Gasteiger partial charge in [0.1, 0.15) is 12.0 Å². The first-order valence-corrected chi connectivity index (χ1v) is 15.8. The molecule has 8 heteroatoms. The van der Waals surface area contributed by atoms with E-state index in [0.717, 1.165) is 0 Å². The lowest BCUT2D eigenvalue weighted by atomic mass is 9.87. The fraction of sp³-hybridized carbons (Fsp3) is 0.560. The van der Waals surface area contributed by atoms with Crippen LogP contribution < -0.4 is 0 Å². The number of benzene rings is 1. The van der Waals surface area contributed by atoms with Crippen LogP contribution in [0.4, 0.5) is 0 Å². The summed E-state index contributed by atoms with van der Waals surface area (Å²) in [6.45, 7) is 11.8. The van der Waals surface area contributed by atoms with Gasteiger partial charge in [0.25, 0.3) is 0 Å². The first-order chi connectivity index (χ1) is 15.4. The number of allylic oxidation sites excluding steroid dienone is 3. The molecule has 0 radical (unpaired) electrons. The fourth-order valence-electron chi connectivity index (χ4n) is 3.46. The summed E-state index contributed by atoms with van der Waals surface area (Å²) < 4.78 is 43.4. The van der Waals surface area contributed by atoms with Crippen molar-refractivity contribution in [2.75, 3.05) is 27.1 Å². The van der Waals surface area contributed by atoms with Gasteiger partial charge < -0.3 is 13.9 Å². The van der Waals surface area contributed by atoms with Gasteiger partial charge in [-0.05, 0) is 49.2 Å². The number of hydrogen-bond donors (Lipinski definition) is 0. The molecule has 0 saturated carbocycles. The van der Waals surface area contributed by atoms with Gasteiger partial charge in [-0.1, -0.05) is 51.1 Å². The minimum Gasteiger partial charge on any atom is -0.417 e. The van der Waals surface area contributed by atoms with Crippen LogP contribution >= 0.6 is 0 Å². The van der Waals surface area contributed by atoms with Crippen molar-refractivity contribution in [3.8, 4) is 0 Å². The van der Waals surface area contributed by atoms with Crippen molar-refractivity contribution in [3.05, 3.63) is 54.1 Å². The van der Waals surface area contributed by atoms with Crippen molar-refractivity contribution in [3.63, 3.8) is 0 Å². The average Bonchev–Trinajstić information content (AvgIpc) is 2.75. The predicted molar refractivity (Wildman–Crippen MR) is 133 cm³/mol. The van der Waals surface area contributed by atoms with E-state index in [0.29, 0.717) is 25.0 Å². The number of sulfone groups is 1. The summed E-state index contributed by atoms with van der Waals surface area (Å²) in [4.78, 5) is 13.5. The molecule has 1 aliphatic rings.